The lowest BCUT2D eigenvalue weighted by molar-refractivity contribution is -0.116. The fraction of sp³-hybridized carbons (Fsp3) is 0.154. The van der Waals surface area contributed by atoms with E-state index < -0.39 is 0 Å². The topological polar surface area (TPSA) is 79.5 Å². The molecular weight excluding hydrogens is 402 g/mol. The maximum absolute atomic E-state index is 12.2. The molecule has 3 rings (SSSR count). The normalized spacial score (nSPS) is 10.1. The smallest absolute Gasteiger partial charge is 0.243 e. The zero-order valence-corrected chi connectivity index (χ0v) is 17.8. The van der Waals surface area contributed by atoms with Gasteiger partial charge < -0.3 is 20.7 Å². The summed E-state index contributed by atoms with van der Waals surface area (Å²) in [5.74, 6) is 0.520. The molecule has 32 heavy (non-hydrogen) atoms. The minimum Gasteiger partial charge on any atom is -0.490 e. The summed E-state index contributed by atoms with van der Waals surface area (Å²) >= 11 is 0. The summed E-state index contributed by atoms with van der Waals surface area (Å²) in [7, 11) is 0. The van der Waals surface area contributed by atoms with E-state index in [1.54, 1.807) is 30.3 Å². The number of anilines is 3. The van der Waals surface area contributed by atoms with E-state index in [9.17, 15) is 9.59 Å². The lowest BCUT2D eigenvalue weighted by Crippen LogP contribution is -2.21. The summed E-state index contributed by atoms with van der Waals surface area (Å²) in [6.07, 6.45) is 2.80. The summed E-state index contributed by atoms with van der Waals surface area (Å²) in [6, 6.07) is 24.3. The second-order valence-electron chi connectivity index (χ2n) is 7.14. The number of hydrogen-bond donors (Lipinski definition) is 3. The van der Waals surface area contributed by atoms with Crippen molar-refractivity contribution in [3.63, 3.8) is 0 Å². The molecule has 0 aliphatic heterocycles. The van der Waals surface area contributed by atoms with E-state index in [4.69, 9.17) is 4.74 Å². The highest BCUT2D eigenvalue weighted by Gasteiger charge is 2.05. The molecule has 0 saturated heterocycles. The molecule has 0 bridgehead atoms. The Morgan fingerprint density at radius 3 is 2.03 bits per heavy atom. The van der Waals surface area contributed by atoms with Crippen LogP contribution < -0.4 is 20.7 Å². The Bertz CT molecular complexity index is 1020. The highest BCUT2D eigenvalue weighted by molar-refractivity contribution is 5.94. The molecule has 3 aromatic rings. The number of amides is 2. The molecule has 0 radical (unpaired) electrons. The summed E-state index contributed by atoms with van der Waals surface area (Å²) < 4.78 is 5.42. The molecule has 0 aromatic heterocycles. The SMILES string of the molecule is C=CCOc1ccc(NC(=O)CNc2ccc(NC(=O)CCc3ccccc3)cc2)cc1. The maximum Gasteiger partial charge on any atom is 0.243 e. The number of hydrogen-bond acceptors (Lipinski definition) is 4. The fourth-order valence-corrected chi connectivity index (χ4v) is 2.97. The van der Waals surface area contributed by atoms with Crippen molar-refractivity contribution in [1.82, 2.24) is 0 Å². The van der Waals surface area contributed by atoms with E-state index in [1.807, 2.05) is 54.6 Å². The van der Waals surface area contributed by atoms with Crippen LogP contribution in [0.5, 0.6) is 5.75 Å². The van der Waals surface area contributed by atoms with Crippen LogP contribution in [0.25, 0.3) is 0 Å². The first-order chi connectivity index (χ1) is 15.6. The minimum absolute atomic E-state index is 0.0325. The molecule has 6 heteroatoms. The van der Waals surface area contributed by atoms with Gasteiger partial charge in [-0.2, -0.15) is 0 Å². The molecule has 164 valence electrons. The van der Waals surface area contributed by atoms with Gasteiger partial charge in [-0.25, -0.2) is 0 Å². The highest BCUT2D eigenvalue weighted by Crippen LogP contribution is 2.16. The van der Waals surface area contributed by atoms with E-state index in [2.05, 4.69) is 22.5 Å². The monoisotopic (exact) mass is 429 g/mol. The standard InChI is InChI=1S/C26H27N3O3/c1-2-18-32-24-15-13-23(14-16-24)29-26(31)19-27-21-9-11-22(12-10-21)28-25(30)17-8-20-6-4-3-5-7-20/h2-7,9-16,27H,1,8,17-19H2,(H,28,30)(H,29,31). The molecular formula is C26H27N3O3. The van der Waals surface area contributed by atoms with Crippen LogP contribution in [0.15, 0.2) is 91.5 Å². The van der Waals surface area contributed by atoms with E-state index >= 15 is 0 Å². The number of rotatable bonds is 11. The predicted octanol–water partition coefficient (Wildman–Crippen LogP) is 4.87. The average Bonchev–Trinajstić information content (AvgIpc) is 2.82. The third-order valence-corrected chi connectivity index (χ3v) is 4.61. The maximum atomic E-state index is 12.2. The Hall–Kier alpha value is -4.06. The molecule has 0 spiro atoms. The van der Waals surface area contributed by atoms with Crippen molar-refractivity contribution in [3.8, 4) is 5.75 Å². The summed E-state index contributed by atoms with van der Waals surface area (Å²) in [5, 5.41) is 8.79. The zero-order valence-electron chi connectivity index (χ0n) is 17.8. The lowest BCUT2D eigenvalue weighted by atomic mass is 10.1. The van der Waals surface area contributed by atoms with Crippen LogP contribution in [-0.4, -0.2) is 25.0 Å². The summed E-state index contributed by atoms with van der Waals surface area (Å²) in [6.45, 7) is 4.16. The van der Waals surface area contributed by atoms with Gasteiger partial charge in [-0.05, 0) is 60.5 Å². The molecule has 0 fully saturated rings. The fourth-order valence-electron chi connectivity index (χ4n) is 2.97. The van der Waals surface area contributed by atoms with Gasteiger partial charge in [0.25, 0.3) is 0 Å². The van der Waals surface area contributed by atoms with Gasteiger partial charge >= 0.3 is 0 Å². The lowest BCUT2D eigenvalue weighted by Gasteiger charge is -2.10. The van der Waals surface area contributed by atoms with Gasteiger partial charge in [-0.15, -0.1) is 0 Å². The van der Waals surface area contributed by atoms with Crippen molar-refractivity contribution < 1.29 is 14.3 Å². The largest absolute Gasteiger partial charge is 0.490 e. The van der Waals surface area contributed by atoms with Crippen molar-refractivity contribution in [2.24, 2.45) is 0 Å². The number of carbonyl (C=O) groups excluding carboxylic acids is 2. The van der Waals surface area contributed by atoms with Crippen LogP contribution in [0.1, 0.15) is 12.0 Å². The quantitative estimate of drug-likeness (QED) is 0.380. The first-order valence-electron chi connectivity index (χ1n) is 10.4. The third kappa shape index (κ3) is 7.65. The second kappa shape index (κ2) is 12.0. The molecule has 3 aromatic carbocycles. The van der Waals surface area contributed by atoms with Gasteiger partial charge in [0.15, 0.2) is 0 Å². The zero-order chi connectivity index (χ0) is 22.6. The number of benzene rings is 3. The number of aryl methyl sites for hydroxylation is 1. The van der Waals surface area contributed by atoms with Crippen LogP contribution in [0, 0.1) is 0 Å². The van der Waals surface area contributed by atoms with Crippen LogP contribution in [0.2, 0.25) is 0 Å². The van der Waals surface area contributed by atoms with Crippen molar-refractivity contribution in [2.45, 2.75) is 12.8 Å². The van der Waals surface area contributed by atoms with Gasteiger partial charge in [0.1, 0.15) is 12.4 Å². The summed E-state index contributed by atoms with van der Waals surface area (Å²) in [5.41, 5.74) is 3.33. The van der Waals surface area contributed by atoms with E-state index in [0.717, 1.165) is 16.9 Å². The first kappa shape index (κ1) is 22.6. The molecule has 0 unspecified atom stereocenters. The highest BCUT2D eigenvalue weighted by atomic mass is 16.5. The van der Waals surface area contributed by atoms with Crippen molar-refractivity contribution in [1.29, 1.82) is 0 Å². The van der Waals surface area contributed by atoms with E-state index in [0.29, 0.717) is 30.9 Å². The Kier molecular flexibility index (Phi) is 8.45. The van der Waals surface area contributed by atoms with Gasteiger partial charge in [-0.3, -0.25) is 9.59 Å². The van der Waals surface area contributed by atoms with Gasteiger partial charge in [0, 0.05) is 23.5 Å². The van der Waals surface area contributed by atoms with Crippen molar-refractivity contribution in [3.05, 3.63) is 97.1 Å². The molecule has 6 nitrogen and oxygen atoms in total. The van der Waals surface area contributed by atoms with Gasteiger partial charge in [-0.1, -0.05) is 43.0 Å². The minimum atomic E-state index is -0.164. The average molecular weight is 430 g/mol. The van der Waals surface area contributed by atoms with E-state index in [-0.39, 0.29) is 18.4 Å². The Balaban J connectivity index is 1.39. The van der Waals surface area contributed by atoms with Crippen LogP contribution in [0.3, 0.4) is 0 Å². The second-order valence-corrected chi connectivity index (χ2v) is 7.14. The molecule has 2 amide bonds. The Morgan fingerprint density at radius 1 is 0.781 bits per heavy atom. The molecule has 0 atom stereocenters. The van der Waals surface area contributed by atoms with Crippen LogP contribution >= 0.6 is 0 Å². The number of ether oxygens (including phenoxy) is 1. The van der Waals surface area contributed by atoms with E-state index in [1.165, 1.54) is 0 Å². The molecule has 0 aliphatic rings. The predicted molar refractivity (Wildman–Crippen MR) is 129 cm³/mol. The molecule has 0 saturated carbocycles. The number of nitrogens with one attached hydrogen (secondary N) is 3. The third-order valence-electron chi connectivity index (χ3n) is 4.61. The van der Waals surface area contributed by atoms with Gasteiger partial charge in [0.2, 0.25) is 11.8 Å². The Morgan fingerprint density at radius 2 is 1.38 bits per heavy atom. The first-order valence-corrected chi connectivity index (χ1v) is 10.4. The molecule has 3 N–H and O–H groups in total. The van der Waals surface area contributed by atoms with Crippen LogP contribution in [0.4, 0.5) is 17.1 Å². The van der Waals surface area contributed by atoms with Crippen LogP contribution in [-0.2, 0) is 16.0 Å². The van der Waals surface area contributed by atoms with Gasteiger partial charge in [0.05, 0.1) is 6.54 Å². The summed E-state index contributed by atoms with van der Waals surface area (Å²) in [4.78, 5) is 24.3. The molecule has 0 heterocycles. The van der Waals surface area contributed by atoms with Crippen molar-refractivity contribution in [2.75, 3.05) is 29.1 Å². The Labute approximate surface area is 188 Å². The number of carbonyl (C=O) groups is 2. The molecule has 0 aliphatic carbocycles. The van der Waals surface area contributed by atoms with Crippen molar-refractivity contribution >= 4 is 28.9 Å².